The van der Waals surface area contributed by atoms with Crippen LogP contribution in [-0.2, 0) is 0 Å². The molecule has 1 aromatic heterocycles. The molecule has 0 bridgehead atoms. The van der Waals surface area contributed by atoms with Gasteiger partial charge in [-0.3, -0.25) is 0 Å². The summed E-state index contributed by atoms with van der Waals surface area (Å²) in [4.78, 5) is 5.84. The first kappa shape index (κ1) is 9.40. The number of anilines is 1. The maximum Gasteiger partial charge on any atom is 0.165 e. The second-order valence-electron chi connectivity index (χ2n) is 3.46. The molecular weight excluding hydrogens is 183 g/mol. The minimum Gasteiger partial charge on any atom is -0.395 e. The third-order valence-electron chi connectivity index (χ3n) is 2.34. The Kier molecular flexibility index (Phi) is 2.63. The topological polar surface area (TPSA) is 36.4 Å². The molecule has 0 aliphatic heterocycles. The summed E-state index contributed by atoms with van der Waals surface area (Å²) in [6.45, 7) is 0.491. The van der Waals surface area contributed by atoms with Gasteiger partial charge in [0.15, 0.2) is 11.6 Å². The monoisotopic (exact) mass is 196 g/mol. The maximum absolute atomic E-state index is 13.4. The van der Waals surface area contributed by atoms with Crippen LogP contribution in [0.5, 0.6) is 0 Å². The van der Waals surface area contributed by atoms with Crippen LogP contribution < -0.4 is 4.90 Å². The van der Waals surface area contributed by atoms with Crippen LogP contribution in [0, 0.1) is 5.82 Å². The van der Waals surface area contributed by atoms with Crippen molar-refractivity contribution in [3.05, 3.63) is 24.1 Å². The van der Waals surface area contributed by atoms with Crippen LogP contribution in [0.3, 0.4) is 0 Å². The molecule has 1 aliphatic rings. The van der Waals surface area contributed by atoms with E-state index in [4.69, 9.17) is 5.11 Å². The number of rotatable bonds is 4. The highest BCUT2D eigenvalue weighted by Gasteiger charge is 2.30. The van der Waals surface area contributed by atoms with Crippen molar-refractivity contribution in [2.24, 2.45) is 0 Å². The zero-order chi connectivity index (χ0) is 9.97. The molecule has 4 heteroatoms. The van der Waals surface area contributed by atoms with Gasteiger partial charge in [-0.25, -0.2) is 9.37 Å². The first-order valence-corrected chi connectivity index (χ1v) is 4.81. The summed E-state index contributed by atoms with van der Waals surface area (Å²) >= 11 is 0. The molecule has 0 atom stereocenters. The lowest BCUT2D eigenvalue weighted by Gasteiger charge is -2.22. The number of hydrogen-bond acceptors (Lipinski definition) is 3. The molecule has 76 valence electrons. The molecule has 0 amide bonds. The van der Waals surface area contributed by atoms with Crippen molar-refractivity contribution < 1.29 is 9.50 Å². The highest BCUT2D eigenvalue weighted by molar-refractivity contribution is 5.42. The first-order chi connectivity index (χ1) is 6.83. The van der Waals surface area contributed by atoms with E-state index in [0.29, 0.717) is 18.4 Å². The molecule has 0 spiro atoms. The zero-order valence-corrected chi connectivity index (χ0v) is 7.86. The number of nitrogens with zero attached hydrogens (tertiary/aromatic N) is 2. The van der Waals surface area contributed by atoms with E-state index in [-0.39, 0.29) is 12.4 Å². The Hall–Kier alpha value is -1.16. The quantitative estimate of drug-likeness (QED) is 0.785. The molecule has 0 unspecified atom stereocenters. The normalized spacial score (nSPS) is 15.6. The molecule has 1 N–H and O–H groups in total. The van der Waals surface area contributed by atoms with E-state index < -0.39 is 0 Å². The van der Waals surface area contributed by atoms with Gasteiger partial charge in [-0.2, -0.15) is 0 Å². The van der Waals surface area contributed by atoms with Crippen molar-refractivity contribution in [3.63, 3.8) is 0 Å². The molecule has 3 nitrogen and oxygen atoms in total. The number of pyridine rings is 1. The predicted octanol–water partition coefficient (Wildman–Crippen LogP) is 1.18. The SMILES string of the molecule is OCCN(c1ncccc1F)C1CC1. The third-order valence-corrected chi connectivity index (χ3v) is 2.34. The van der Waals surface area contributed by atoms with Crippen LogP contribution in [0.15, 0.2) is 18.3 Å². The molecule has 1 heterocycles. The molecule has 1 fully saturated rings. The van der Waals surface area contributed by atoms with Gasteiger partial charge in [0.1, 0.15) is 0 Å². The van der Waals surface area contributed by atoms with E-state index in [2.05, 4.69) is 4.98 Å². The zero-order valence-electron chi connectivity index (χ0n) is 7.86. The summed E-state index contributed by atoms with van der Waals surface area (Å²) in [6, 6.07) is 3.34. The molecule has 0 aromatic carbocycles. The average Bonchev–Trinajstić information content (AvgIpc) is 2.99. The van der Waals surface area contributed by atoms with Crippen molar-refractivity contribution in [1.82, 2.24) is 4.98 Å². The van der Waals surface area contributed by atoms with E-state index in [0.717, 1.165) is 12.8 Å². The molecule has 2 rings (SSSR count). The Morgan fingerprint density at radius 2 is 2.36 bits per heavy atom. The second-order valence-corrected chi connectivity index (χ2v) is 3.46. The minimum absolute atomic E-state index is 0.0342. The third kappa shape index (κ3) is 1.85. The number of aliphatic hydroxyl groups is 1. The number of aliphatic hydroxyl groups excluding tert-OH is 1. The predicted molar refractivity (Wildman–Crippen MR) is 51.6 cm³/mol. The van der Waals surface area contributed by atoms with E-state index in [9.17, 15) is 4.39 Å². The van der Waals surface area contributed by atoms with Gasteiger partial charge >= 0.3 is 0 Å². The van der Waals surface area contributed by atoms with E-state index >= 15 is 0 Å². The second kappa shape index (κ2) is 3.92. The molecule has 0 radical (unpaired) electrons. The van der Waals surface area contributed by atoms with Gasteiger partial charge in [0.05, 0.1) is 6.61 Å². The number of halogens is 1. The fourth-order valence-electron chi connectivity index (χ4n) is 1.54. The summed E-state index contributed by atoms with van der Waals surface area (Å²) < 4.78 is 13.4. The van der Waals surface area contributed by atoms with Crippen LogP contribution in [-0.4, -0.2) is 29.3 Å². The van der Waals surface area contributed by atoms with Gasteiger partial charge in [-0.15, -0.1) is 0 Å². The molecule has 1 aliphatic carbocycles. The largest absolute Gasteiger partial charge is 0.395 e. The minimum atomic E-state index is -0.312. The Labute approximate surface area is 82.2 Å². The summed E-state index contributed by atoms with van der Waals surface area (Å²) in [5.74, 6) is 0.0527. The Balaban J connectivity index is 2.21. The lowest BCUT2D eigenvalue weighted by atomic mass is 10.4. The highest BCUT2D eigenvalue weighted by atomic mass is 19.1. The van der Waals surface area contributed by atoms with Crippen LogP contribution in [0.25, 0.3) is 0 Å². The molecule has 0 saturated heterocycles. The first-order valence-electron chi connectivity index (χ1n) is 4.81. The van der Waals surface area contributed by atoms with E-state index in [1.165, 1.54) is 6.07 Å². The van der Waals surface area contributed by atoms with E-state index in [1.54, 1.807) is 12.3 Å². The summed E-state index contributed by atoms with van der Waals surface area (Å²) in [6.07, 6.45) is 3.71. The van der Waals surface area contributed by atoms with Gasteiger partial charge < -0.3 is 10.0 Å². The fourth-order valence-corrected chi connectivity index (χ4v) is 1.54. The molecular formula is C10H13FN2O. The fraction of sp³-hybridized carbons (Fsp3) is 0.500. The Morgan fingerprint density at radius 1 is 1.57 bits per heavy atom. The Morgan fingerprint density at radius 3 is 2.93 bits per heavy atom. The van der Waals surface area contributed by atoms with Crippen molar-refractivity contribution in [2.75, 3.05) is 18.1 Å². The maximum atomic E-state index is 13.4. The summed E-state index contributed by atoms with van der Waals surface area (Å²) in [5.41, 5.74) is 0. The smallest absolute Gasteiger partial charge is 0.165 e. The van der Waals surface area contributed by atoms with Crippen molar-refractivity contribution >= 4 is 5.82 Å². The lowest BCUT2D eigenvalue weighted by molar-refractivity contribution is 0.300. The van der Waals surface area contributed by atoms with Crippen LogP contribution in [0.4, 0.5) is 10.2 Å². The van der Waals surface area contributed by atoms with Gasteiger partial charge in [0.2, 0.25) is 0 Å². The highest BCUT2D eigenvalue weighted by Crippen LogP contribution is 2.31. The standard InChI is InChI=1S/C10H13FN2O/c11-9-2-1-5-12-10(9)13(6-7-14)8-3-4-8/h1-2,5,8,14H,3-4,6-7H2. The van der Waals surface area contributed by atoms with Gasteiger partial charge in [-0.05, 0) is 25.0 Å². The number of aromatic nitrogens is 1. The average molecular weight is 196 g/mol. The lowest BCUT2D eigenvalue weighted by Crippen LogP contribution is -2.30. The molecule has 14 heavy (non-hydrogen) atoms. The van der Waals surface area contributed by atoms with Crippen molar-refractivity contribution in [2.45, 2.75) is 18.9 Å². The summed E-state index contributed by atoms with van der Waals surface area (Å²) in [7, 11) is 0. The van der Waals surface area contributed by atoms with E-state index in [1.807, 2.05) is 4.90 Å². The number of hydrogen-bond donors (Lipinski definition) is 1. The van der Waals surface area contributed by atoms with Crippen LogP contribution in [0.1, 0.15) is 12.8 Å². The van der Waals surface area contributed by atoms with Gasteiger partial charge in [0.25, 0.3) is 0 Å². The van der Waals surface area contributed by atoms with Crippen LogP contribution >= 0.6 is 0 Å². The van der Waals surface area contributed by atoms with Gasteiger partial charge in [0, 0.05) is 18.8 Å². The van der Waals surface area contributed by atoms with Gasteiger partial charge in [-0.1, -0.05) is 0 Å². The molecule has 1 aromatic rings. The van der Waals surface area contributed by atoms with Crippen molar-refractivity contribution in [1.29, 1.82) is 0 Å². The van der Waals surface area contributed by atoms with Crippen molar-refractivity contribution in [3.8, 4) is 0 Å². The summed E-state index contributed by atoms with van der Waals surface area (Å²) in [5, 5.41) is 8.87. The molecule has 1 saturated carbocycles. The Bertz CT molecular complexity index is 315. The van der Waals surface area contributed by atoms with Crippen LogP contribution in [0.2, 0.25) is 0 Å².